The van der Waals surface area contributed by atoms with E-state index in [0.29, 0.717) is 18.4 Å². The molecule has 0 aliphatic heterocycles. The minimum atomic E-state index is -0.390. The van der Waals surface area contributed by atoms with E-state index in [2.05, 4.69) is 27.4 Å². The first-order valence-electron chi connectivity index (χ1n) is 6.96. The number of carbonyl (C=O) groups is 2. The minimum Gasteiger partial charge on any atom is -0.507 e. The number of Topliss-reactive ketones (excluding diaryl/α,β-unsaturated/α-hetero) is 1. The maximum Gasteiger partial charge on any atom is 0.324 e. The molecule has 0 atom stereocenters. The van der Waals surface area contributed by atoms with Crippen LogP contribution in [-0.4, -0.2) is 16.9 Å². The SMILES string of the molecule is NOC(=O)CCCCCCCC(=O)c1cc(I)ccc1O. The predicted octanol–water partition coefficient (Wildman–Crippen LogP) is 3.33. The first kappa shape index (κ1) is 17.9. The number of hydrogen-bond donors (Lipinski definition) is 2. The number of benzene rings is 1. The van der Waals surface area contributed by atoms with Crippen molar-refractivity contribution < 1.29 is 19.5 Å². The average Bonchev–Trinajstić information content (AvgIpc) is 2.48. The molecule has 0 radical (unpaired) electrons. The lowest BCUT2D eigenvalue weighted by atomic mass is 10.0. The van der Waals surface area contributed by atoms with Crippen LogP contribution in [0.15, 0.2) is 18.2 Å². The average molecular weight is 405 g/mol. The van der Waals surface area contributed by atoms with Crippen molar-refractivity contribution in [1.29, 1.82) is 0 Å². The van der Waals surface area contributed by atoms with Crippen LogP contribution in [0.1, 0.15) is 55.3 Å². The first-order chi connectivity index (χ1) is 10.0. The van der Waals surface area contributed by atoms with E-state index in [1.165, 1.54) is 0 Å². The fraction of sp³-hybridized carbons (Fsp3) is 0.467. The highest BCUT2D eigenvalue weighted by molar-refractivity contribution is 14.1. The number of nitrogens with two attached hydrogens (primary N) is 1. The summed E-state index contributed by atoms with van der Waals surface area (Å²) in [5, 5.41) is 9.68. The fourth-order valence-corrected chi connectivity index (χ4v) is 2.50. The van der Waals surface area contributed by atoms with Crippen molar-refractivity contribution in [1.82, 2.24) is 0 Å². The molecule has 0 bridgehead atoms. The lowest BCUT2D eigenvalue weighted by Gasteiger charge is -2.05. The Hall–Kier alpha value is -1.15. The summed E-state index contributed by atoms with van der Waals surface area (Å²) in [6, 6.07) is 5.02. The molecule has 0 unspecified atom stereocenters. The number of aromatic hydroxyl groups is 1. The van der Waals surface area contributed by atoms with E-state index in [1.54, 1.807) is 18.2 Å². The standard InChI is InChI=1S/C15H20INO4/c16-11-8-9-14(19)12(10-11)13(18)6-4-2-1-3-5-7-15(20)21-17/h8-10,19H,1-7,17H2. The van der Waals surface area contributed by atoms with E-state index >= 15 is 0 Å². The molecule has 1 aromatic rings. The first-order valence-corrected chi connectivity index (χ1v) is 8.03. The van der Waals surface area contributed by atoms with Gasteiger partial charge in [-0.25, -0.2) is 0 Å². The van der Waals surface area contributed by atoms with Crippen molar-refractivity contribution >= 4 is 34.3 Å². The van der Waals surface area contributed by atoms with Crippen LogP contribution in [0.4, 0.5) is 0 Å². The molecular formula is C15H20INO4. The molecule has 0 aliphatic carbocycles. The Morgan fingerprint density at radius 2 is 1.71 bits per heavy atom. The summed E-state index contributed by atoms with van der Waals surface area (Å²) >= 11 is 2.11. The highest BCUT2D eigenvalue weighted by Crippen LogP contribution is 2.22. The van der Waals surface area contributed by atoms with Gasteiger partial charge in [0.2, 0.25) is 0 Å². The number of phenolic OH excluding ortho intramolecular Hbond substituents is 1. The van der Waals surface area contributed by atoms with Crippen LogP contribution in [0.2, 0.25) is 0 Å². The Kier molecular flexibility index (Phi) is 8.29. The molecule has 0 amide bonds. The van der Waals surface area contributed by atoms with Crippen molar-refractivity contribution in [3.63, 3.8) is 0 Å². The molecule has 0 aromatic heterocycles. The number of rotatable bonds is 9. The van der Waals surface area contributed by atoms with Crippen LogP contribution in [-0.2, 0) is 9.63 Å². The second-order valence-corrected chi connectivity index (χ2v) is 6.09. The molecule has 0 aliphatic rings. The molecule has 3 N–H and O–H groups in total. The molecule has 0 heterocycles. The van der Waals surface area contributed by atoms with Crippen LogP contribution in [0, 0.1) is 3.57 Å². The molecular weight excluding hydrogens is 385 g/mol. The van der Waals surface area contributed by atoms with Crippen molar-refractivity contribution in [3.05, 3.63) is 27.3 Å². The van der Waals surface area contributed by atoms with Gasteiger partial charge in [-0.3, -0.25) is 9.59 Å². The van der Waals surface area contributed by atoms with E-state index < -0.39 is 0 Å². The lowest BCUT2D eigenvalue weighted by molar-refractivity contribution is -0.144. The normalized spacial score (nSPS) is 10.4. The van der Waals surface area contributed by atoms with E-state index in [-0.39, 0.29) is 17.5 Å². The van der Waals surface area contributed by atoms with Gasteiger partial charge in [-0.05, 0) is 53.6 Å². The van der Waals surface area contributed by atoms with Crippen molar-refractivity contribution in [2.75, 3.05) is 0 Å². The Morgan fingerprint density at radius 3 is 2.38 bits per heavy atom. The zero-order valence-electron chi connectivity index (χ0n) is 11.8. The number of hydrogen-bond acceptors (Lipinski definition) is 5. The largest absolute Gasteiger partial charge is 0.507 e. The van der Waals surface area contributed by atoms with E-state index in [9.17, 15) is 14.7 Å². The number of ketones is 1. The van der Waals surface area contributed by atoms with Crippen LogP contribution in [0.3, 0.4) is 0 Å². The van der Waals surface area contributed by atoms with Gasteiger partial charge in [0.25, 0.3) is 0 Å². The van der Waals surface area contributed by atoms with Gasteiger partial charge in [-0.2, -0.15) is 5.90 Å². The number of halogens is 1. The van der Waals surface area contributed by atoms with Crippen LogP contribution in [0.5, 0.6) is 5.75 Å². The van der Waals surface area contributed by atoms with E-state index in [1.807, 2.05) is 0 Å². The van der Waals surface area contributed by atoms with Gasteiger partial charge in [-0.1, -0.05) is 19.3 Å². The zero-order chi connectivity index (χ0) is 15.7. The molecule has 116 valence electrons. The zero-order valence-corrected chi connectivity index (χ0v) is 14.0. The third-order valence-electron chi connectivity index (χ3n) is 3.18. The number of unbranched alkanes of at least 4 members (excludes halogenated alkanes) is 4. The van der Waals surface area contributed by atoms with E-state index in [0.717, 1.165) is 35.7 Å². The molecule has 21 heavy (non-hydrogen) atoms. The smallest absolute Gasteiger partial charge is 0.324 e. The highest BCUT2D eigenvalue weighted by atomic mass is 127. The summed E-state index contributed by atoms with van der Waals surface area (Å²) in [5.74, 6) is 4.36. The van der Waals surface area contributed by atoms with Gasteiger partial charge in [0.15, 0.2) is 5.78 Å². The van der Waals surface area contributed by atoms with Gasteiger partial charge in [0.05, 0.1) is 5.56 Å². The molecule has 6 heteroatoms. The summed E-state index contributed by atoms with van der Waals surface area (Å²) in [7, 11) is 0. The summed E-state index contributed by atoms with van der Waals surface area (Å²) in [6.45, 7) is 0. The molecule has 5 nitrogen and oxygen atoms in total. The van der Waals surface area contributed by atoms with E-state index in [4.69, 9.17) is 5.90 Å². The summed E-state index contributed by atoms with van der Waals surface area (Å²) < 4.78 is 0.931. The van der Waals surface area contributed by atoms with Gasteiger partial charge in [-0.15, -0.1) is 0 Å². The molecule has 0 saturated carbocycles. The van der Waals surface area contributed by atoms with Crippen LogP contribution < -0.4 is 5.90 Å². The summed E-state index contributed by atoms with van der Waals surface area (Å²) in [6.07, 6.45) is 5.10. The maximum absolute atomic E-state index is 12.0. The van der Waals surface area contributed by atoms with Crippen molar-refractivity contribution in [3.8, 4) is 5.75 Å². The third-order valence-corrected chi connectivity index (χ3v) is 3.85. The lowest BCUT2D eigenvalue weighted by Crippen LogP contribution is -2.09. The summed E-state index contributed by atoms with van der Waals surface area (Å²) in [5.41, 5.74) is 0.396. The van der Waals surface area contributed by atoms with Gasteiger partial charge in [0, 0.05) is 16.4 Å². The second-order valence-electron chi connectivity index (χ2n) is 4.84. The Balaban J connectivity index is 2.19. The molecule has 0 spiro atoms. The minimum absolute atomic E-state index is 0.0299. The molecule has 0 saturated heterocycles. The van der Waals surface area contributed by atoms with Gasteiger partial charge >= 0.3 is 5.97 Å². The Labute approximate surface area is 138 Å². The van der Waals surface area contributed by atoms with Crippen molar-refractivity contribution in [2.45, 2.75) is 44.9 Å². The number of phenols is 1. The number of carbonyl (C=O) groups excluding carboxylic acids is 2. The topological polar surface area (TPSA) is 89.6 Å². The molecule has 0 fully saturated rings. The van der Waals surface area contributed by atoms with Crippen molar-refractivity contribution in [2.24, 2.45) is 5.90 Å². The highest BCUT2D eigenvalue weighted by Gasteiger charge is 2.11. The molecule has 1 rings (SSSR count). The summed E-state index contributed by atoms with van der Waals surface area (Å²) in [4.78, 5) is 26.9. The predicted molar refractivity (Wildman–Crippen MR) is 87.8 cm³/mol. The quantitative estimate of drug-likeness (QED) is 0.285. The van der Waals surface area contributed by atoms with Gasteiger partial charge in [0.1, 0.15) is 5.75 Å². The van der Waals surface area contributed by atoms with Crippen LogP contribution in [0.25, 0.3) is 0 Å². The van der Waals surface area contributed by atoms with Crippen LogP contribution >= 0.6 is 22.6 Å². The third kappa shape index (κ3) is 6.90. The second kappa shape index (κ2) is 9.73. The maximum atomic E-state index is 12.0. The molecule has 1 aromatic carbocycles. The van der Waals surface area contributed by atoms with Gasteiger partial charge < -0.3 is 9.94 Å². The monoisotopic (exact) mass is 405 g/mol. The Bertz CT molecular complexity index is 491. The Morgan fingerprint density at radius 1 is 1.10 bits per heavy atom. The fourth-order valence-electron chi connectivity index (χ4n) is 2.01.